The summed E-state index contributed by atoms with van der Waals surface area (Å²) in [4.78, 5) is 11.3. The van der Waals surface area contributed by atoms with Crippen molar-refractivity contribution in [1.29, 1.82) is 0 Å². The minimum Gasteiger partial charge on any atom is -0.479 e. The minimum atomic E-state index is -1.93. The van der Waals surface area contributed by atoms with Crippen molar-refractivity contribution >= 4 is 5.97 Å². The largest absolute Gasteiger partial charge is 0.479 e. The number of aliphatic hydroxyl groups is 6. The van der Waals surface area contributed by atoms with E-state index in [-0.39, 0.29) is 6.61 Å². The normalized spacial score (nSPS) is 38.0. The molecule has 2 fully saturated rings. The van der Waals surface area contributed by atoms with Gasteiger partial charge in [-0.3, -0.25) is 0 Å². The molecular weight excluding hydrogens is 456 g/mol. The monoisotopic (exact) mass is 486 g/mol. The van der Waals surface area contributed by atoms with Crippen LogP contribution in [0.3, 0.4) is 0 Å². The van der Waals surface area contributed by atoms with Gasteiger partial charge in [0.15, 0.2) is 18.7 Å². The Bertz CT molecular complexity index is 808. The Morgan fingerprint density at radius 3 is 2.35 bits per heavy atom. The molecule has 0 aromatic carbocycles. The maximum Gasteiger partial charge on any atom is 0.335 e. The van der Waals surface area contributed by atoms with Gasteiger partial charge < -0.3 is 54.7 Å². The Labute approximate surface area is 196 Å². The van der Waals surface area contributed by atoms with Crippen LogP contribution in [0.25, 0.3) is 0 Å². The number of unbranched alkanes of at least 4 members (excludes halogenated alkanes) is 1. The zero-order valence-electron chi connectivity index (χ0n) is 18.4. The third-order valence-electron chi connectivity index (χ3n) is 5.13. The van der Waals surface area contributed by atoms with Crippen molar-refractivity contribution in [2.45, 2.75) is 81.2 Å². The summed E-state index contributed by atoms with van der Waals surface area (Å²) in [5.41, 5.74) is 0. The number of carbonyl (C=O) groups is 1. The van der Waals surface area contributed by atoms with E-state index in [0.29, 0.717) is 12.8 Å². The van der Waals surface area contributed by atoms with Crippen molar-refractivity contribution in [2.24, 2.45) is 0 Å². The second-order valence-electron chi connectivity index (χ2n) is 7.59. The van der Waals surface area contributed by atoms with Gasteiger partial charge in [-0.2, -0.15) is 0 Å². The topological polar surface area (TPSA) is 196 Å². The second-order valence-corrected chi connectivity index (χ2v) is 7.59. The third kappa shape index (κ3) is 7.21. The Balaban J connectivity index is 2.06. The molecule has 0 spiro atoms. The first-order chi connectivity index (χ1) is 16.2. The predicted octanol–water partition coefficient (Wildman–Crippen LogP) is -2.92. The molecule has 0 aliphatic carbocycles. The average Bonchev–Trinajstić information content (AvgIpc) is 2.81. The van der Waals surface area contributed by atoms with Gasteiger partial charge in [0.2, 0.25) is 0 Å². The molecule has 2 aliphatic rings. The molecule has 0 unspecified atom stereocenters. The Morgan fingerprint density at radius 2 is 1.71 bits per heavy atom. The van der Waals surface area contributed by atoms with E-state index in [1.165, 1.54) is 0 Å². The Hall–Kier alpha value is -2.07. The Morgan fingerprint density at radius 1 is 0.971 bits per heavy atom. The first-order valence-electron chi connectivity index (χ1n) is 10.6. The van der Waals surface area contributed by atoms with Crippen LogP contribution in [-0.4, -0.2) is 116 Å². The maximum atomic E-state index is 11.3. The predicted molar refractivity (Wildman–Crippen MR) is 113 cm³/mol. The molecule has 2 heterocycles. The lowest BCUT2D eigenvalue weighted by Crippen LogP contribution is -2.65. The van der Waals surface area contributed by atoms with Gasteiger partial charge in [0.1, 0.15) is 42.7 Å². The molecular formula is C22H30O12. The van der Waals surface area contributed by atoms with Crippen molar-refractivity contribution in [2.75, 3.05) is 13.2 Å². The van der Waals surface area contributed by atoms with Gasteiger partial charge >= 0.3 is 5.97 Å². The number of hydrogen-bond donors (Lipinski definition) is 7. The summed E-state index contributed by atoms with van der Waals surface area (Å²) >= 11 is 0. The molecule has 2 aliphatic heterocycles. The number of ether oxygens (including phenoxy) is 4. The minimum absolute atomic E-state index is 0.0651. The molecule has 0 radical (unpaired) electrons. The van der Waals surface area contributed by atoms with Crippen LogP contribution in [0.15, 0.2) is 12.2 Å². The van der Waals surface area contributed by atoms with Crippen LogP contribution in [0.1, 0.15) is 19.8 Å². The average molecular weight is 486 g/mol. The van der Waals surface area contributed by atoms with Crippen LogP contribution in [-0.2, 0) is 23.7 Å². The standard InChI is InChI=1S/C22H30O12/c1-2-3-4-5-6-7-8-9-10-31-22-19(15(26)13(24)12(11-23)32-22)34-21-17(28)14(25)16(27)18(33-21)20(29)30/h2-3,12-19,21-28H,8-11H2,1H3,(H,29,30)/b3-2-/t12-,13-,14+,15+,16+,17-,18+,19-,21+,22-/m1/s1. The van der Waals surface area contributed by atoms with Gasteiger partial charge in [0.25, 0.3) is 0 Å². The number of aliphatic hydroxyl groups excluding tert-OH is 6. The second kappa shape index (κ2) is 13.7. The lowest BCUT2D eigenvalue weighted by molar-refractivity contribution is -0.363. The number of rotatable bonds is 8. The number of carboxylic acids is 1. The molecule has 7 N–H and O–H groups in total. The first-order valence-corrected chi connectivity index (χ1v) is 10.6. The number of hydrogen-bond acceptors (Lipinski definition) is 11. The lowest BCUT2D eigenvalue weighted by atomic mass is 9.97. The summed E-state index contributed by atoms with van der Waals surface area (Å²) in [6.07, 6.45) is -12.6. The van der Waals surface area contributed by atoms with Gasteiger partial charge in [-0.25, -0.2) is 4.79 Å². The van der Waals surface area contributed by atoms with Gasteiger partial charge in [0.05, 0.1) is 13.2 Å². The van der Waals surface area contributed by atoms with E-state index in [1.54, 1.807) is 12.2 Å². The van der Waals surface area contributed by atoms with Crippen molar-refractivity contribution in [3.05, 3.63) is 12.2 Å². The summed E-state index contributed by atoms with van der Waals surface area (Å²) in [6.45, 7) is 1.25. The molecule has 12 heteroatoms. The van der Waals surface area contributed by atoms with E-state index in [4.69, 9.17) is 18.9 Å². The van der Waals surface area contributed by atoms with E-state index >= 15 is 0 Å². The van der Waals surface area contributed by atoms with Crippen molar-refractivity contribution < 1.29 is 59.5 Å². The molecule has 10 atom stereocenters. The maximum absolute atomic E-state index is 11.3. The molecule has 2 rings (SSSR count). The molecule has 0 saturated carbocycles. The molecule has 0 aromatic heterocycles. The fraction of sp³-hybridized carbons (Fsp3) is 0.682. The number of aliphatic carboxylic acids is 1. The highest BCUT2D eigenvalue weighted by atomic mass is 16.8. The van der Waals surface area contributed by atoms with Crippen LogP contribution in [0.5, 0.6) is 0 Å². The van der Waals surface area contributed by atoms with Gasteiger partial charge in [-0.15, -0.1) is 0 Å². The quantitative estimate of drug-likeness (QED) is 0.137. The molecule has 0 bridgehead atoms. The van der Waals surface area contributed by atoms with Crippen molar-refractivity contribution in [1.82, 2.24) is 0 Å². The molecule has 2 saturated heterocycles. The SMILES string of the molecule is C/C=C\C#CC#CCCCO[C@@H]1O[C@H](CO)[C@@H](O)[C@H](O)[C@H]1O[C@@H]1O[C@H](C(=O)O)[C@@H](O)[C@H](O)[C@H]1O. The molecule has 34 heavy (non-hydrogen) atoms. The third-order valence-corrected chi connectivity index (χ3v) is 5.13. The van der Waals surface area contributed by atoms with E-state index in [1.807, 2.05) is 6.92 Å². The van der Waals surface area contributed by atoms with Crippen LogP contribution in [0.2, 0.25) is 0 Å². The number of allylic oxidation sites excluding steroid dienone is 2. The van der Waals surface area contributed by atoms with E-state index in [0.717, 1.165) is 0 Å². The van der Waals surface area contributed by atoms with Crippen LogP contribution in [0.4, 0.5) is 0 Å². The highest BCUT2D eigenvalue weighted by molar-refractivity contribution is 5.73. The van der Waals surface area contributed by atoms with Crippen LogP contribution in [0, 0.1) is 23.7 Å². The molecule has 0 aromatic rings. The lowest BCUT2D eigenvalue weighted by Gasteiger charge is -2.45. The van der Waals surface area contributed by atoms with Gasteiger partial charge in [-0.05, 0) is 31.3 Å². The zero-order chi connectivity index (χ0) is 25.3. The van der Waals surface area contributed by atoms with E-state index < -0.39 is 74.0 Å². The fourth-order valence-electron chi connectivity index (χ4n) is 3.28. The smallest absolute Gasteiger partial charge is 0.335 e. The highest BCUT2D eigenvalue weighted by Crippen LogP contribution is 2.29. The van der Waals surface area contributed by atoms with Gasteiger partial charge in [0, 0.05) is 6.42 Å². The molecule has 0 amide bonds. The zero-order valence-corrected chi connectivity index (χ0v) is 18.4. The highest BCUT2D eigenvalue weighted by Gasteiger charge is 2.52. The summed E-state index contributed by atoms with van der Waals surface area (Å²) in [7, 11) is 0. The first kappa shape index (κ1) is 28.2. The van der Waals surface area contributed by atoms with Crippen molar-refractivity contribution in [3.63, 3.8) is 0 Å². The van der Waals surface area contributed by atoms with Crippen LogP contribution < -0.4 is 0 Å². The molecule has 190 valence electrons. The summed E-state index contributed by atoms with van der Waals surface area (Å²) in [6, 6.07) is 0. The van der Waals surface area contributed by atoms with Crippen LogP contribution >= 0.6 is 0 Å². The number of carboxylic acid groups (broad SMARTS) is 1. The van der Waals surface area contributed by atoms with E-state index in [2.05, 4.69) is 23.7 Å². The summed E-state index contributed by atoms with van der Waals surface area (Å²) in [5.74, 6) is 9.22. The summed E-state index contributed by atoms with van der Waals surface area (Å²) in [5, 5.41) is 69.2. The van der Waals surface area contributed by atoms with Gasteiger partial charge in [-0.1, -0.05) is 17.9 Å². The molecule has 12 nitrogen and oxygen atoms in total. The Kier molecular flexibility index (Phi) is 11.4. The van der Waals surface area contributed by atoms with Crippen molar-refractivity contribution in [3.8, 4) is 23.7 Å². The summed E-state index contributed by atoms with van der Waals surface area (Å²) < 4.78 is 21.6. The van der Waals surface area contributed by atoms with E-state index in [9.17, 15) is 40.5 Å². The fourth-order valence-corrected chi connectivity index (χ4v) is 3.28.